The lowest BCUT2D eigenvalue weighted by atomic mass is 10.3. The standard InChI is InChI=1S/C14H11ClN2O4S2/c1-21-12-5-3-9(7-10(12)15)23(19,20)17-8-2-4-11-13(6-8)22-14(18)16-11/h2-7,17H,1H3,(H,16,18). The van der Waals surface area contributed by atoms with Gasteiger partial charge in [-0.1, -0.05) is 22.9 Å². The summed E-state index contributed by atoms with van der Waals surface area (Å²) in [7, 11) is -2.35. The van der Waals surface area contributed by atoms with Gasteiger partial charge in [0.25, 0.3) is 10.0 Å². The number of ether oxygens (including phenoxy) is 1. The molecule has 120 valence electrons. The van der Waals surface area contributed by atoms with Gasteiger partial charge in [-0.15, -0.1) is 0 Å². The third-order valence-corrected chi connectivity index (χ3v) is 5.63. The monoisotopic (exact) mass is 370 g/mol. The molecule has 0 amide bonds. The number of aromatic nitrogens is 1. The van der Waals surface area contributed by atoms with E-state index in [0.717, 1.165) is 11.3 Å². The predicted molar refractivity (Wildman–Crippen MR) is 91.3 cm³/mol. The van der Waals surface area contributed by atoms with Gasteiger partial charge in [-0.2, -0.15) is 0 Å². The van der Waals surface area contributed by atoms with Crippen molar-refractivity contribution in [3.05, 3.63) is 51.1 Å². The topological polar surface area (TPSA) is 88.3 Å². The Bertz CT molecular complexity index is 1040. The third kappa shape index (κ3) is 3.19. The van der Waals surface area contributed by atoms with Gasteiger partial charge in [0.15, 0.2) is 0 Å². The second kappa shape index (κ2) is 5.88. The molecule has 0 atom stereocenters. The van der Waals surface area contributed by atoms with Crippen molar-refractivity contribution in [1.29, 1.82) is 0 Å². The summed E-state index contributed by atoms with van der Waals surface area (Å²) in [6.07, 6.45) is 0. The zero-order chi connectivity index (χ0) is 16.6. The van der Waals surface area contributed by atoms with Crippen LogP contribution in [0.1, 0.15) is 0 Å². The van der Waals surface area contributed by atoms with Gasteiger partial charge >= 0.3 is 4.87 Å². The summed E-state index contributed by atoms with van der Waals surface area (Å²) in [5.74, 6) is 0.393. The Morgan fingerprint density at radius 2 is 2.00 bits per heavy atom. The van der Waals surface area contributed by atoms with Crippen LogP contribution in [-0.2, 0) is 10.0 Å². The first kappa shape index (κ1) is 15.9. The molecule has 2 aromatic carbocycles. The third-order valence-electron chi connectivity index (χ3n) is 3.11. The predicted octanol–water partition coefficient (Wildman–Crippen LogP) is 3.05. The van der Waals surface area contributed by atoms with Crippen molar-refractivity contribution in [2.75, 3.05) is 11.8 Å². The highest BCUT2D eigenvalue weighted by atomic mass is 35.5. The Labute approximate surface area is 140 Å². The summed E-state index contributed by atoms with van der Waals surface area (Å²) in [5, 5.41) is 0.203. The Morgan fingerprint density at radius 1 is 1.22 bits per heavy atom. The van der Waals surface area contributed by atoms with Crippen LogP contribution in [0.25, 0.3) is 10.2 Å². The molecule has 0 aliphatic rings. The van der Waals surface area contributed by atoms with E-state index in [4.69, 9.17) is 16.3 Å². The summed E-state index contributed by atoms with van der Waals surface area (Å²) < 4.78 is 33.0. The first-order valence-electron chi connectivity index (χ1n) is 6.38. The van der Waals surface area contributed by atoms with Crippen LogP contribution >= 0.6 is 22.9 Å². The van der Waals surface area contributed by atoms with Crippen LogP contribution < -0.4 is 14.3 Å². The number of H-pyrrole nitrogens is 1. The smallest absolute Gasteiger partial charge is 0.305 e. The van der Waals surface area contributed by atoms with Crippen molar-refractivity contribution in [3.8, 4) is 5.75 Å². The molecule has 0 fully saturated rings. The number of sulfonamides is 1. The summed E-state index contributed by atoms with van der Waals surface area (Å²) in [6.45, 7) is 0. The van der Waals surface area contributed by atoms with Crippen molar-refractivity contribution in [1.82, 2.24) is 4.98 Å². The van der Waals surface area contributed by atoms with Crippen LogP contribution in [0.2, 0.25) is 5.02 Å². The lowest BCUT2D eigenvalue weighted by molar-refractivity contribution is 0.414. The molecule has 1 aromatic heterocycles. The first-order valence-corrected chi connectivity index (χ1v) is 9.06. The van der Waals surface area contributed by atoms with Crippen LogP contribution in [0.15, 0.2) is 46.1 Å². The second-order valence-electron chi connectivity index (χ2n) is 4.63. The van der Waals surface area contributed by atoms with Crippen LogP contribution in [0.3, 0.4) is 0 Å². The van der Waals surface area contributed by atoms with Gasteiger partial charge in [0.1, 0.15) is 5.75 Å². The average molecular weight is 371 g/mol. The molecule has 0 aliphatic heterocycles. The first-order chi connectivity index (χ1) is 10.9. The molecule has 9 heteroatoms. The summed E-state index contributed by atoms with van der Waals surface area (Å²) in [5.41, 5.74) is 1.02. The molecule has 0 unspecified atom stereocenters. The van der Waals surface area contributed by atoms with E-state index in [-0.39, 0.29) is 14.8 Å². The normalized spacial score (nSPS) is 11.6. The SMILES string of the molecule is COc1ccc(S(=O)(=O)Nc2ccc3[nH]c(=O)sc3c2)cc1Cl. The van der Waals surface area contributed by atoms with Crippen molar-refractivity contribution in [2.45, 2.75) is 4.90 Å². The zero-order valence-electron chi connectivity index (χ0n) is 11.8. The van der Waals surface area contributed by atoms with Gasteiger partial charge in [0.2, 0.25) is 0 Å². The Hall–Kier alpha value is -2.03. The fraction of sp³-hybridized carbons (Fsp3) is 0.0714. The second-order valence-corrected chi connectivity index (χ2v) is 7.73. The van der Waals surface area contributed by atoms with Crippen LogP contribution in [0, 0.1) is 0 Å². The molecular formula is C14H11ClN2O4S2. The maximum atomic E-state index is 12.4. The van der Waals surface area contributed by atoms with Gasteiger partial charge in [-0.05, 0) is 36.4 Å². The number of aromatic amines is 1. The van der Waals surface area contributed by atoms with Gasteiger partial charge in [0, 0.05) is 0 Å². The number of thiazole rings is 1. The van der Waals surface area contributed by atoms with E-state index in [0.29, 0.717) is 21.7 Å². The summed E-state index contributed by atoms with van der Waals surface area (Å²) in [4.78, 5) is 13.8. The number of anilines is 1. The quantitative estimate of drug-likeness (QED) is 0.738. The summed E-state index contributed by atoms with van der Waals surface area (Å²) >= 11 is 6.98. The maximum Gasteiger partial charge on any atom is 0.305 e. The summed E-state index contributed by atoms with van der Waals surface area (Å²) in [6, 6.07) is 9.02. The van der Waals surface area contributed by atoms with Gasteiger partial charge in [-0.3, -0.25) is 9.52 Å². The largest absolute Gasteiger partial charge is 0.495 e. The molecule has 0 saturated carbocycles. The van der Waals surface area contributed by atoms with E-state index in [9.17, 15) is 13.2 Å². The van der Waals surface area contributed by atoms with Crippen LogP contribution in [0.5, 0.6) is 5.75 Å². The van der Waals surface area contributed by atoms with Gasteiger partial charge in [-0.25, -0.2) is 8.42 Å². The van der Waals surface area contributed by atoms with Crippen molar-refractivity contribution >= 4 is 48.9 Å². The number of hydrogen-bond acceptors (Lipinski definition) is 5. The van der Waals surface area contributed by atoms with E-state index >= 15 is 0 Å². The molecule has 23 heavy (non-hydrogen) atoms. The minimum absolute atomic E-state index is 0.0191. The Kier molecular flexibility index (Phi) is 4.05. The number of fused-ring (bicyclic) bond motifs is 1. The lowest BCUT2D eigenvalue weighted by Gasteiger charge is -2.10. The van der Waals surface area contributed by atoms with Crippen molar-refractivity contribution < 1.29 is 13.2 Å². The highest BCUT2D eigenvalue weighted by molar-refractivity contribution is 7.92. The van der Waals surface area contributed by atoms with E-state index in [2.05, 4.69) is 9.71 Å². The maximum absolute atomic E-state index is 12.4. The van der Waals surface area contributed by atoms with Crippen LogP contribution in [0.4, 0.5) is 5.69 Å². The van der Waals surface area contributed by atoms with Gasteiger partial charge < -0.3 is 9.72 Å². The minimum atomic E-state index is -3.80. The molecular weight excluding hydrogens is 360 g/mol. The number of benzene rings is 2. The molecule has 0 aliphatic carbocycles. The number of methoxy groups -OCH3 is 1. The number of hydrogen-bond donors (Lipinski definition) is 2. The van der Waals surface area contributed by atoms with Crippen molar-refractivity contribution in [3.63, 3.8) is 0 Å². The molecule has 0 bridgehead atoms. The zero-order valence-corrected chi connectivity index (χ0v) is 14.2. The Balaban J connectivity index is 1.95. The number of rotatable bonds is 4. The highest BCUT2D eigenvalue weighted by Gasteiger charge is 2.16. The lowest BCUT2D eigenvalue weighted by Crippen LogP contribution is -2.12. The molecule has 1 heterocycles. The average Bonchev–Trinajstić information content (AvgIpc) is 2.86. The Morgan fingerprint density at radius 3 is 2.70 bits per heavy atom. The number of halogens is 1. The highest BCUT2D eigenvalue weighted by Crippen LogP contribution is 2.28. The molecule has 2 N–H and O–H groups in total. The van der Waals surface area contributed by atoms with E-state index in [1.54, 1.807) is 18.2 Å². The molecule has 3 aromatic rings. The van der Waals surface area contributed by atoms with Gasteiger partial charge in [0.05, 0.1) is 32.9 Å². The minimum Gasteiger partial charge on any atom is -0.495 e. The fourth-order valence-corrected chi connectivity index (χ4v) is 4.21. The fourth-order valence-electron chi connectivity index (χ4n) is 2.04. The van der Waals surface area contributed by atoms with E-state index < -0.39 is 10.0 Å². The number of nitrogens with one attached hydrogen (secondary N) is 2. The molecule has 0 radical (unpaired) electrons. The molecule has 6 nitrogen and oxygen atoms in total. The molecule has 3 rings (SSSR count). The van der Waals surface area contributed by atoms with Crippen LogP contribution in [-0.4, -0.2) is 20.5 Å². The molecule has 0 spiro atoms. The van der Waals surface area contributed by atoms with E-state index in [1.807, 2.05) is 0 Å². The van der Waals surface area contributed by atoms with Crippen molar-refractivity contribution in [2.24, 2.45) is 0 Å². The molecule has 0 saturated heterocycles. The van der Waals surface area contributed by atoms with E-state index in [1.165, 1.54) is 25.3 Å².